The van der Waals surface area contributed by atoms with Crippen molar-refractivity contribution >= 4 is 37.5 Å². The SMILES string of the molecule is CC(O)CCOc1c(Br)cc(N)cc1Br. The summed E-state index contributed by atoms with van der Waals surface area (Å²) < 4.78 is 7.14. The summed E-state index contributed by atoms with van der Waals surface area (Å²) in [5, 5.41) is 9.09. The number of anilines is 1. The van der Waals surface area contributed by atoms with E-state index in [1.807, 2.05) is 0 Å². The maximum Gasteiger partial charge on any atom is 0.147 e. The van der Waals surface area contributed by atoms with Crippen molar-refractivity contribution in [3.63, 3.8) is 0 Å². The fraction of sp³-hybridized carbons (Fsp3) is 0.400. The van der Waals surface area contributed by atoms with Gasteiger partial charge in [-0.15, -0.1) is 0 Å². The summed E-state index contributed by atoms with van der Waals surface area (Å²) in [6.45, 7) is 2.20. The van der Waals surface area contributed by atoms with E-state index in [0.717, 1.165) is 8.95 Å². The van der Waals surface area contributed by atoms with Crippen LogP contribution < -0.4 is 10.5 Å². The fourth-order valence-corrected chi connectivity index (χ4v) is 2.50. The Morgan fingerprint density at radius 3 is 2.40 bits per heavy atom. The molecular weight excluding hydrogens is 326 g/mol. The van der Waals surface area contributed by atoms with E-state index in [0.29, 0.717) is 24.5 Å². The molecule has 0 fully saturated rings. The number of hydrogen-bond donors (Lipinski definition) is 2. The zero-order valence-corrected chi connectivity index (χ0v) is 11.5. The van der Waals surface area contributed by atoms with E-state index in [1.165, 1.54) is 0 Å². The first-order chi connectivity index (χ1) is 7.00. The Morgan fingerprint density at radius 1 is 1.40 bits per heavy atom. The topological polar surface area (TPSA) is 55.5 Å². The van der Waals surface area contributed by atoms with Crippen molar-refractivity contribution in [1.29, 1.82) is 0 Å². The molecule has 84 valence electrons. The standard InChI is InChI=1S/C10H13Br2NO2/c1-6(14)2-3-15-10-8(11)4-7(13)5-9(10)12/h4-6,14H,2-3,13H2,1H3. The summed E-state index contributed by atoms with van der Waals surface area (Å²) in [6, 6.07) is 3.56. The molecule has 0 aliphatic carbocycles. The van der Waals surface area contributed by atoms with Crippen LogP contribution in [-0.2, 0) is 0 Å². The van der Waals surface area contributed by atoms with Gasteiger partial charge in [-0.1, -0.05) is 0 Å². The Bertz CT molecular complexity index is 319. The van der Waals surface area contributed by atoms with Crippen LogP contribution in [0.25, 0.3) is 0 Å². The van der Waals surface area contributed by atoms with Gasteiger partial charge < -0.3 is 15.6 Å². The Morgan fingerprint density at radius 2 is 1.93 bits per heavy atom. The van der Waals surface area contributed by atoms with Crippen molar-refractivity contribution in [2.75, 3.05) is 12.3 Å². The molecule has 0 amide bonds. The van der Waals surface area contributed by atoms with Crippen LogP contribution >= 0.6 is 31.9 Å². The van der Waals surface area contributed by atoms with Crippen LogP contribution in [0.5, 0.6) is 5.75 Å². The molecular formula is C10H13Br2NO2. The third kappa shape index (κ3) is 4.01. The number of benzene rings is 1. The summed E-state index contributed by atoms with van der Waals surface area (Å²) in [5.41, 5.74) is 6.31. The number of nitrogens with two attached hydrogens (primary N) is 1. The zero-order chi connectivity index (χ0) is 11.4. The van der Waals surface area contributed by atoms with Crippen LogP contribution in [0.1, 0.15) is 13.3 Å². The molecule has 0 saturated heterocycles. The number of aliphatic hydroxyl groups is 1. The van der Waals surface area contributed by atoms with Crippen LogP contribution in [0.15, 0.2) is 21.1 Å². The lowest BCUT2D eigenvalue weighted by Crippen LogP contribution is -2.08. The molecule has 3 N–H and O–H groups in total. The third-order valence-corrected chi connectivity index (χ3v) is 2.98. The molecule has 0 spiro atoms. The van der Waals surface area contributed by atoms with Gasteiger partial charge >= 0.3 is 0 Å². The molecule has 0 heterocycles. The minimum Gasteiger partial charge on any atom is -0.491 e. The van der Waals surface area contributed by atoms with Gasteiger partial charge in [0, 0.05) is 12.1 Å². The second-order valence-electron chi connectivity index (χ2n) is 3.30. The van der Waals surface area contributed by atoms with Crippen molar-refractivity contribution in [3.05, 3.63) is 21.1 Å². The predicted molar refractivity (Wildman–Crippen MR) is 68.0 cm³/mol. The lowest BCUT2D eigenvalue weighted by atomic mass is 10.3. The van der Waals surface area contributed by atoms with Crippen molar-refractivity contribution < 1.29 is 9.84 Å². The van der Waals surface area contributed by atoms with E-state index in [-0.39, 0.29) is 6.10 Å². The maximum atomic E-state index is 9.09. The Kier molecular flexibility index (Phi) is 4.89. The second-order valence-corrected chi connectivity index (χ2v) is 5.01. The number of ether oxygens (including phenoxy) is 1. The minimum absolute atomic E-state index is 0.351. The molecule has 1 unspecified atom stereocenters. The summed E-state index contributed by atoms with van der Waals surface area (Å²) >= 11 is 6.74. The first kappa shape index (κ1) is 12.8. The third-order valence-electron chi connectivity index (χ3n) is 1.80. The van der Waals surface area contributed by atoms with E-state index in [2.05, 4.69) is 31.9 Å². The van der Waals surface area contributed by atoms with Gasteiger partial charge in [0.1, 0.15) is 5.75 Å². The summed E-state index contributed by atoms with van der Waals surface area (Å²) in [6.07, 6.45) is 0.250. The van der Waals surface area contributed by atoms with Gasteiger partial charge in [0.05, 0.1) is 21.7 Å². The lowest BCUT2D eigenvalue weighted by Gasteiger charge is -2.11. The fourth-order valence-electron chi connectivity index (χ4n) is 1.05. The van der Waals surface area contributed by atoms with Gasteiger partial charge in [-0.25, -0.2) is 0 Å². The highest BCUT2D eigenvalue weighted by Crippen LogP contribution is 2.35. The van der Waals surface area contributed by atoms with Crippen LogP contribution in [-0.4, -0.2) is 17.8 Å². The van der Waals surface area contributed by atoms with E-state index >= 15 is 0 Å². The minimum atomic E-state index is -0.351. The van der Waals surface area contributed by atoms with E-state index in [4.69, 9.17) is 15.6 Å². The van der Waals surface area contributed by atoms with Crippen molar-refractivity contribution in [1.82, 2.24) is 0 Å². The summed E-state index contributed by atoms with van der Waals surface area (Å²) in [5.74, 6) is 0.713. The Balaban J connectivity index is 2.68. The number of nitrogen functional groups attached to an aromatic ring is 1. The summed E-state index contributed by atoms with van der Waals surface area (Å²) in [7, 11) is 0. The molecule has 15 heavy (non-hydrogen) atoms. The maximum absolute atomic E-state index is 9.09. The average molecular weight is 339 g/mol. The molecule has 5 heteroatoms. The number of aliphatic hydroxyl groups excluding tert-OH is 1. The molecule has 0 aliphatic heterocycles. The monoisotopic (exact) mass is 337 g/mol. The second kappa shape index (κ2) is 5.72. The molecule has 3 nitrogen and oxygen atoms in total. The van der Waals surface area contributed by atoms with Crippen molar-refractivity contribution in [3.8, 4) is 5.75 Å². The molecule has 0 radical (unpaired) electrons. The van der Waals surface area contributed by atoms with Gasteiger partial charge in [0.25, 0.3) is 0 Å². The van der Waals surface area contributed by atoms with Crippen molar-refractivity contribution in [2.24, 2.45) is 0 Å². The van der Waals surface area contributed by atoms with Crippen LogP contribution in [0.2, 0.25) is 0 Å². The van der Waals surface area contributed by atoms with Gasteiger partial charge in [0.2, 0.25) is 0 Å². The highest BCUT2D eigenvalue weighted by Gasteiger charge is 2.08. The highest BCUT2D eigenvalue weighted by molar-refractivity contribution is 9.11. The molecule has 1 aromatic rings. The highest BCUT2D eigenvalue weighted by atomic mass is 79.9. The van der Waals surface area contributed by atoms with Gasteiger partial charge in [0.15, 0.2) is 0 Å². The van der Waals surface area contributed by atoms with Crippen LogP contribution in [0.4, 0.5) is 5.69 Å². The Hall–Kier alpha value is -0.260. The lowest BCUT2D eigenvalue weighted by molar-refractivity contribution is 0.155. The number of hydrogen-bond acceptors (Lipinski definition) is 3. The smallest absolute Gasteiger partial charge is 0.147 e. The molecule has 0 bridgehead atoms. The average Bonchev–Trinajstić information content (AvgIpc) is 2.08. The number of halogens is 2. The molecule has 1 atom stereocenters. The quantitative estimate of drug-likeness (QED) is 0.830. The van der Waals surface area contributed by atoms with Gasteiger partial charge in [-0.3, -0.25) is 0 Å². The number of rotatable bonds is 4. The van der Waals surface area contributed by atoms with Gasteiger partial charge in [-0.05, 0) is 50.9 Å². The van der Waals surface area contributed by atoms with Crippen LogP contribution in [0.3, 0.4) is 0 Å². The zero-order valence-electron chi connectivity index (χ0n) is 8.34. The first-order valence-electron chi connectivity index (χ1n) is 4.56. The molecule has 1 aromatic carbocycles. The van der Waals surface area contributed by atoms with Crippen molar-refractivity contribution in [2.45, 2.75) is 19.4 Å². The normalized spacial score (nSPS) is 12.5. The van der Waals surface area contributed by atoms with E-state index in [9.17, 15) is 0 Å². The molecule has 0 aliphatic rings. The predicted octanol–water partition coefficient (Wildman–Crippen LogP) is 2.94. The molecule has 0 aromatic heterocycles. The Labute approximate surface area is 106 Å². The van der Waals surface area contributed by atoms with Crippen LogP contribution in [0, 0.1) is 0 Å². The van der Waals surface area contributed by atoms with E-state index in [1.54, 1.807) is 19.1 Å². The largest absolute Gasteiger partial charge is 0.491 e. The van der Waals surface area contributed by atoms with E-state index < -0.39 is 0 Å². The molecule has 1 rings (SSSR count). The first-order valence-corrected chi connectivity index (χ1v) is 6.14. The summed E-state index contributed by atoms with van der Waals surface area (Å²) in [4.78, 5) is 0. The molecule has 0 saturated carbocycles. The van der Waals surface area contributed by atoms with Gasteiger partial charge in [-0.2, -0.15) is 0 Å².